The average molecular weight is 425 g/mol. The molecular weight excluding hydrogens is 402 g/mol. The SMILES string of the molecule is CC(=O)Nc1ccc(N2C(=O)C(Nc3cc(C)ccc3C)=C(c3ccccc3)C2=O)cc1. The van der Waals surface area contributed by atoms with Gasteiger partial charge in [0.25, 0.3) is 11.8 Å². The van der Waals surface area contributed by atoms with Gasteiger partial charge in [-0.15, -0.1) is 0 Å². The summed E-state index contributed by atoms with van der Waals surface area (Å²) in [6, 6.07) is 21.7. The minimum Gasteiger partial charge on any atom is -0.350 e. The van der Waals surface area contributed by atoms with E-state index in [-0.39, 0.29) is 11.6 Å². The molecule has 32 heavy (non-hydrogen) atoms. The van der Waals surface area contributed by atoms with Gasteiger partial charge in [0.05, 0.1) is 11.3 Å². The van der Waals surface area contributed by atoms with E-state index >= 15 is 0 Å². The first-order valence-corrected chi connectivity index (χ1v) is 10.3. The molecule has 3 aromatic carbocycles. The van der Waals surface area contributed by atoms with Gasteiger partial charge < -0.3 is 10.6 Å². The van der Waals surface area contributed by atoms with Crippen LogP contribution in [0, 0.1) is 13.8 Å². The standard InChI is InChI=1S/C26H23N3O3/c1-16-9-10-17(2)22(15-16)28-24-23(19-7-5-4-6-8-19)25(31)29(26(24)32)21-13-11-20(12-14-21)27-18(3)30/h4-15,28H,1-3H3,(H,27,30). The summed E-state index contributed by atoms with van der Waals surface area (Å²) in [7, 11) is 0. The smallest absolute Gasteiger partial charge is 0.282 e. The maximum Gasteiger partial charge on any atom is 0.282 e. The van der Waals surface area contributed by atoms with Gasteiger partial charge in [0, 0.05) is 18.3 Å². The summed E-state index contributed by atoms with van der Waals surface area (Å²) in [6.07, 6.45) is 0. The van der Waals surface area contributed by atoms with Crippen molar-refractivity contribution >= 4 is 40.4 Å². The van der Waals surface area contributed by atoms with E-state index in [1.807, 2.05) is 62.4 Å². The molecule has 1 heterocycles. The van der Waals surface area contributed by atoms with E-state index in [0.717, 1.165) is 21.7 Å². The molecule has 0 spiro atoms. The topological polar surface area (TPSA) is 78.5 Å². The Balaban J connectivity index is 1.76. The second kappa shape index (κ2) is 8.51. The number of nitrogens with zero attached hydrogens (tertiary/aromatic N) is 1. The van der Waals surface area contributed by atoms with E-state index in [1.165, 1.54) is 6.92 Å². The first kappa shape index (κ1) is 21.1. The third kappa shape index (κ3) is 4.03. The van der Waals surface area contributed by atoms with Gasteiger partial charge in [-0.3, -0.25) is 14.4 Å². The van der Waals surface area contributed by atoms with Gasteiger partial charge in [0.1, 0.15) is 5.70 Å². The zero-order valence-electron chi connectivity index (χ0n) is 18.1. The number of amides is 3. The Morgan fingerprint density at radius 3 is 2.19 bits per heavy atom. The summed E-state index contributed by atoms with van der Waals surface area (Å²) in [5, 5.41) is 5.91. The number of carbonyl (C=O) groups excluding carboxylic acids is 3. The second-order valence-corrected chi connectivity index (χ2v) is 7.73. The first-order valence-electron chi connectivity index (χ1n) is 10.3. The minimum absolute atomic E-state index is 0.195. The van der Waals surface area contributed by atoms with E-state index in [2.05, 4.69) is 10.6 Å². The van der Waals surface area contributed by atoms with Crippen LogP contribution < -0.4 is 15.5 Å². The number of hydrogen-bond donors (Lipinski definition) is 2. The summed E-state index contributed by atoms with van der Waals surface area (Å²) in [5.74, 6) is -1.03. The van der Waals surface area contributed by atoms with Crippen LogP contribution >= 0.6 is 0 Å². The van der Waals surface area contributed by atoms with Crippen molar-refractivity contribution in [2.45, 2.75) is 20.8 Å². The molecule has 4 rings (SSSR count). The van der Waals surface area contributed by atoms with Gasteiger partial charge in [-0.05, 0) is 60.9 Å². The minimum atomic E-state index is -0.429. The van der Waals surface area contributed by atoms with Crippen molar-refractivity contribution in [3.05, 3.63) is 95.2 Å². The summed E-state index contributed by atoms with van der Waals surface area (Å²) >= 11 is 0. The molecule has 0 unspecified atom stereocenters. The first-order chi connectivity index (χ1) is 15.3. The molecule has 0 aliphatic carbocycles. The van der Waals surface area contributed by atoms with Crippen LogP contribution in [0.25, 0.3) is 5.57 Å². The zero-order valence-corrected chi connectivity index (χ0v) is 18.1. The molecule has 0 saturated carbocycles. The Hall–Kier alpha value is -4.19. The average Bonchev–Trinajstić information content (AvgIpc) is 3.01. The van der Waals surface area contributed by atoms with Crippen LogP contribution in [-0.4, -0.2) is 17.7 Å². The highest BCUT2D eigenvalue weighted by molar-refractivity contribution is 6.46. The Morgan fingerprint density at radius 1 is 0.844 bits per heavy atom. The lowest BCUT2D eigenvalue weighted by atomic mass is 10.0. The monoisotopic (exact) mass is 425 g/mol. The Labute approximate surface area is 186 Å². The maximum absolute atomic E-state index is 13.5. The molecular formula is C26H23N3O3. The van der Waals surface area contributed by atoms with Crippen molar-refractivity contribution in [2.24, 2.45) is 0 Å². The van der Waals surface area contributed by atoms with Gasteiger partial charge in [0.15, 0.2) is 0 Å². The highest BCUT2D eigenvalue weighted by Crippen LogP contribution is 2.34. The lowest BCUT2D eigenvalue weighted by Crippen LogP contribution is -2.32. The number of rotatable bonds is 5. The van der Waals surface area contributed by atoms with Crippen LogP contribution in [0.1, 0.15) is 23.6 Å². The zero-order chi connectivity index (χ0) is 22.8. The van der Waals surface area contributed by atoms with Crippen LogP contribution in [0.15, 0.2) is 78.5 Å². The van der Waals surface area contributed by atoms with Crippen molar-refractivity contribution in [2.75, 3.05) is 15.5 Å². The normalized spacial score (nSPS) is 13.5. The highest BCUT2D eigenvalue weighted by Gasteiger charge is 2.40. The van der Waals surface area contributed by atoms with Crippen LogP contribution in [-0.2, 0) is 14.4 Å². The molecule has 6 nitrogen and oxygen atoms in total. The molecule has 3 aromatic rings. The summed E-state index contributed by atoms with van der Waals surface area (Å²) in [6.45, 7) is 5.34. The largest absolute Gasteiger partial charge is 0.350 e. The third-order valence-electron chi connectivity index (χ3n) is 5.24. The number of aryl methyl sites for hydroxylation is 2. The van der Waals surface area contributed by atoms with Crippen LogP contribution in [0.2, 0.25) is 0 Å². The van der Waals surface area contributed by atoms with E-state index in [0.29, 0.717) is 22.5 Å². The van der Waals surface area contributed by atoms with Crippen molar-refractivity contribution in [3.8, 4) is 0 Å². The molecule has 2 N–H and O–H groups in total. The fourth-order valence-corrected chi connectivity index (χ4v) is 3.66. The van der Waals surface area contributed by atoms with Crippen molar-refractivity contribution in [1.82, 2.24) is 0 Å². The van der Waals surface area contributed by atoms with Crippen molar-refractivity contribution in [1.29, 1.82) is 0 Å². The lowest BCUT2D eigenvalue weighted by Gasteiger charge is -2.16. The Morgan fingerprint density at radius 2 is 1.53 bits per heavy atom. The second-order valence-electron chi connectivity index (χ2n) is 7.73. The summed E-state index contributed by atoms with van der Waals surface area (Å²) in [5.41, 5.74) is 5.03. The molecule has 0 radical (unpaired) electrons. The van der Waals surface area contributed by atoms with E-state index in [9.17, 15) is 14.4 Å². The molecule has 0 bridgehead atoms. The molecule has 160 valence electrons. The quantitative estimate of drug-likeness (QED) is 0.583. The maximum atomic E-state index is 13.5. The molecule has 6 heteroatoms. The highest BCUT2D eigenvalue weighted by atomic mass is 16.2. The summed E-state index contributed by atoms with van der Waals surface area (Å²) in [4.78, 5) is 39.4. The molecule has 3 amide bonds. The molecule has 0 fully saturated rings. The van der Waals surface area contributed by atoms with Crippen molar-refractivity contribution < 1.29 is 14.4 Å². The lowest BCUT2D eigenvalue weighted by molar-refractivity contribution is -0.120. The van der Waals surface area contributed by atoms with E-state index in [4.69, 9.17) is 0 Å². The van der Waals surface area contributed by atoms with E-state index in [1.54, 1.807) is 24.3 Å². The van der Waals surface area contributed by atoms with Crippen molar-refractivity contribution in [3.63, 3.8) is 0 Å². The third-order valence-corrected chi connectivity index (χ3v) is 5.24. The van der Waals surface area contributed by atoms with Gasteiger partial charge in [-0.2, -0.15) is 0 Å². The van der Waals surface area contributed by atoms with E-state index < -0.39 is 11.8 Å². The Bertz CT molecular complexity index is 1250. The van der Waals surface area contributed by atoms with Gasteiger partial charge in [0.2, 0.25) is 5.91 Å². The molecule has 0 saturated heterocycles. The fourth-order valence-electron chi connectivity index (χ4n) is 3.66. The molecule has 0 atom stereocenters. The Kier molecular flexibility index (Phi) is 5.60. The van der Waals surface area contributed by atoms with Gasteiger partial charge in [-0.25, -0.2) is 4.90 Å². The molecule has 0 aromatic heterocycles. The van der Waals surface area contributed by atoms with Gasteiger partial charge in [-0.1, -0.05) is 42.5 Å². The number of hydrogen-bond acceptors (Lipinski definition) is 4. The molecule has 1 aliphatic rings. The number of anilines is 3. The molecule has 1 aliphatic heterocycles. The number of benzene rings is 3. The number of nitrogens with one attached hydrogen (secondary N) is 2. The van der Waals surface area contributed by atoms with Crippen LogP contribution in [0.4, 0.5) is 17.1 Å². The van der Waals surface area contributed by atoms with Gasteiger partial charge >= 0.3 is 0 Å². The van der Waals surface area contributed by atoms with Crippen LogP contribution in [0.3, 0.4) is 0 Å². The number of carbonyl (C=O) groups is 3. The summed E-state index contributed by atoms with van der Waals surface area (Å²) < 4.78 is 0. The predicted molar refractivity (Wildman–Crippen MR) is 126 cm³/mol. The van der Waals surface area contributed by atoms with Crippen LogP contribution in [0.5, 0.6) is 0 Å². The predicted octanol–water partition coefficient (Wildman–Crippen LogP) is 4.66. The number of imide groups is 1. The fraction of sp³-hybridized carbons (Fsp3) is 0.115.